The van der Waals surface area contributed by atoms with Gasteiger partial charge in [0.25, 0.3) is 0 Å². The van der Waals surface area contributed by atoms with Gasteiger partial charge in [0.2, 0.25) is 5.28 Å². The Morgan fingerprint density at radius 1 is 1.10 bits per heavy atom. The second-order valence-corrected chi connectivity index (χ2v) is 7.90. The minimum atomic E-state index is -0.0481. The molecule has 8 heteroatoms. The summed E-state index contributed by atoms with van der Waals surface area (Å²) in [5.74, 6) is 0.402. The lowest BCUT2D eigenvalue weighted by Crippen LogP contribution is -2.38. The molecule has 2 aromatic rings. The van der Waals surface area contributed by atoms with Crippen molar-refractivity contribution in [3.8, 4) is 5.75 Å². The predicted molar refractivity (Wildman–Crippen MR) is 113 cm³/mol. The van der Waals surface area contributed by atoms with Crippen LogP contribution >= 0.6 is 11.6 Å². The van der Waals surface area contributed by atoms with Crippen LogP contribution in [-0.2, 0) is 11.3 Å². The molecule has 3 heterocycles. The molecule has 4 rings (SSSR count). The summed E-state index contributed by atoms with van der Waals surface area (Å²) in [5, 5.41) is 19.5. The molecule has 7 nitrogen and oxygen atoms in total. The van der Waals surface area contributed by atoms with Crippen LogP contribution in [0.1, 0.15) is 24.1 Å². The Labute approximate surface area is 175 Å². The van der Waals surface area contributed by atoms with Crippen molar-refractivity contribution in [1.82, 2.24) is 14.9 Å². The number of morpholine rings is 1. The van der Waals surface area contributed by atoms with E-state index in [1.165, 1.54) is 5.56 Å². The van der Waals surface area contributed by atoms with Gasteiger partial charge in [0.15, 0.2) is 11.6 Å². The van der Waals surface area contributed by atoms with Gasteiger partial charge in [-0.15, -0.1) is 0 Å². The van der Waals surface area contributed by atoms with Crippen molar-refractivity contribution in [2.75, 3.05) is 44.3 Å². The quantitative estimate of drug-likeness (QED) is 0.576. The maximum absolute atomic E-state index is 10.8. The molecule has 0 bridgehead atoms. The van der Waals surface area contributed by atoms with E-state index in [0.717, 1.165) is 32.5 Å². The van der Waals surface area contributed by atoms with E-state index in [4.69, 9.17) is 21.7 Å². The van der Waals surface area contributed by atoms with Crippen molar-refractivity contribution in [2.45, 2.75) is 19.4 Å². The first-order chi connectivity index (χ1) is 14.1. The Bertz CT molecular complexity index is 850. The fourth-order valence-electron chi connectivity index (χ4n) is 4.01. The van der Waals surface area contributed by atoms with E-state index in [1.54, 1.807) is 0 Å². The molecule has 2 saturated heterocycles. The SMILES string of the molecule is N=C(c1nc(Cl)nc(N2CCOCC2)c1O)C1CCN(Cc2ccccc2)CC1. The third-order valence-electron chi connectivity index (χ3n) is 5.65. The van der Waals surface area contributed by atoms with E-state index < -0.39 is 0 Å². The normalized spacial score (nSPS) is 18.7. The molecular weight excluding hydrogens is 390 g/mol. The summed E-state index contributed by atoms with van der Waals surface area (Å²) in [6.07, 6.45) is 1.72. The first kappa shape index (κ1) is 20.1. The second kappa shape index (κ2) is 9.07. The first-order valence-electron chi connectivity index (χ1n) is 10.1. The molecule has 0 amide bonds. The highest BCUT2D eigenvalue weighted by molar-refractivity contribution is 6.28. The lowest BCUT2D eigenvalue weighted by Gasteiger charge is -2.32. The number of piperidine rings is 1. The zero-order chi connectivity index (χ0) is 20.2. The maximum atomic E-state index is 10.8. The molecular formula is C21H26ClN5O2. The third-order valence-corrected chi connectivity index (χ3v) is 5.82. The number of hydrogen-bond donors (Lipinski definition) is 2. The number of ether oxygens (including phenoxy) is 1. The highest BCUT2D eigenvalue weighted by atomic mass is 35.5. The van der Waals surface area contributed by atoms with Crippen LogP contribution in [-0.4, -0.2) is 65.1 Å². The van der Waals surface area contributed by atoms with E-state index in [9.17, 15) is 5.11 Å². The van der Waals surface area contributed by atoms with Gasteiger partial charge in [0.05, 0.1) is 18.9 Å². The Kier molecular flexibility index (Phi) is 6.28. The van der Waals surface area contributed by atoms with Gasteiger partial charge in [-0.1, -0.05) is 30.3 Å². The van der Waals surface area contributed by atoms with Gasteiger partial charge in [-0.2, -0.15) is 4.98 Å². The summed E-state index contributed by atoms with van der Waals surface area (Å²) in [6.45, 7) is 5.17. The standard InChI is InChI=1S/C21H26ClN5O2/c22-21-24-18(19(28)20(25-21)27-10-12-29-13-11-27)17(23)16-6-8-26(9-7-16)14-15-4-2-1-3-5-15/h1-5,16,23,28H,6-14H2. The molecule has 0 saturated carbocycles. The minimum absolute atomic E-state index is 0.0481. The summed E-state index contributed by atoms with van der Waals surface area (Å²) in [4.78, 5) is 12.8. The van der Waals surface area contributed by atoms with Gasteiger partial charge in [0.1, 0.15) is 5.69 Å². The highest BCUT2D eigenvalue weighted by Crippen LogP contribution is 2.33. The summed E-state index contributed by atoms with van der Waals surface area (Å²) in [7, 11) is 0. The number of benzene rings is 1. The monoisotopic (exact) mass is 415 g/mol. The van der Waals surface area contributed by atoms with Gasteiger partial charge in [-0.05, 0) is 43.1 Å². The van der Waals surface area contributed by atoms with Crippen LogP contribution in [0.2, 0.25) is 5.28 Å². The predicted octanol–water partition coefficient (Wildman–Crippen LogP) is 2.95. The molecule has 0 unspecified atom stereocenters. The maximum Gasteiger partial charge on any atom is 0.225 e. The van der Waals surface area contributed by atoms with Crippen LogP contribution in [0.3, 0.4) is 0 Å². The third kappa shape index (κ3) is 4.69. The van der Waals surface area contributed by atoms with Gasteiger partial charge >= 0.3 is 0 Å². The molecule has 2 fully saturated rings. The molecule has 0 aliphatic carbocycles. The molecule has 0 spiro atoms. The number of nitrogens with one attached hydrogen (secondary N) is 1. The molecule has 2 aliphatic rings. The minimum Gasteiger partial charge on any atom is -0.503 e. The van der Waals surface area contributed by atoms with Crippen LogP contribution < -0.4 is 4.90 Å². The van der Waals surface area contributed by atoms with Gasteiger partial charge < -0.3 is 20.2 Å². The highest BCUT2D eigenvalue weighted by Gasteiger charge is 2.29. The first-order valence-corrected chi connectivity index (χ1v) is 10.4. The Morgan fingerprint density at radius 3 is 2.48 bits per heavy atom. The van der Waals surface area contributed by atoms with E-state index in [0.29, 0.717) is 37.8 Å². The van der Waals surface area contributed by atoms with E-state index >= 15 is 0 Å². The van der Waals surface area contributed by atoms with Crippen molar-refractivity contribution in [2.24, 2.45) is 5.92 Å². The molecule has 0 atom stereocenters. The van der Waals surface area contributed by atoms with Crippen LogP contribution in [0, 0.1) is 11.3 Å². The number of nitrogens with zero attached hydrogens (tertiary/aromatic N) is 4. The number of aromatic nitrogens is 2. The molecule has 2 aliphatic heterocycles. The van der Waals surface area contributed by atoms with Crippen LogP contribution in [0.4, 0.5) is 5.82 Å². The zero-order valence-electron chi connectivity index (χ0n) is 16.4. The van der Waals surface area contributed by atoms with Crippen molar-refractivity contribution < 1.29 is 9.84 Å². The number of aromatic hydroxyl groups is 1. The lowest BCUT2D eigenvalue weighted by atomic mass is 9.89. The molecule has 2 N–H and O–H groups in total. The number of rotatable bonds is 5. The average molecular weight is 416 g/mol. The smallest absolute Gasteiger partial charge is 0.225 e. The summed E-state index contributed by atoms with van der Waals surface area (Å²) >= 11 is 6.14. The summed E-state index contributed by atoms with van der Waals surface area (Å²) in [6, 6.07) is 10.4. The molecule has 154 valence electrons. The van der Waals surface area contributed by atoms with E-state index in [1.807, 2.05) is 11.0 Å². The van der Waals surface area contributed by atoms with Gasteiger partial charge in [-0.25, -0.2) is 4.98 Å². The van der Waals surface area contributed by atoms with Crippen LogP contribution in [0.25, 0.3) is 0 Å². The number of halogens is 1. The molecule has 1 aromatic heterocycles. The fourth-order valence-corrected chi connectivity index (χ4v) is 4.18. The average Bonchev–Trinajstić information content (AvgIpc) is 2.76. The molecule has 0 radical (unpaired) electrons. The van der Waals surface area contributed by atoms with Crippen LogP contribution in [0.15, 0.2) is 30.3 Å². The molecule has 29 heavy (non-hydrogen) atoms. The van der Waals surface area contributed by atoms with Crippen LogP contribution in [0.5, 0.6) is 5.75 Å². The number of likely N-dealkylation sites (tertiary alicyclic amines) is 1. The summed E-state index contributed by atoms with van der Waals surface area (Å²) in [5.41, 5.74) is 1.91. The Hall–Kier alpha value is -2.22. The van der Waals surface area contributed by atoms with E-state index in [2.05, 4.69) is 39.1 Å². The van der Waals surface area contributed by atoms with Gasteiger partial charge in [-0.3, -0.25) is 4.90 Å². The number of hydrogen-bond acceptors (Lipinski definition) is 7. The zero-order valence-corrected chi connectivity index (χ0v) is 17.1. The summed E-state index contributed by atoms with van der Waals surface area (Å²) < 4.78 is 5.37. The topological polar surface area (TPSA) is 85.6 Å². The Balaban J connectivity index is 1.44. The van der Waals surface area contributed by atoms with Gasteiger partial charge in [0, 0.05) is 25.6 Å². The largest absolute Gasteiger partial charge is 0.503 e. The lowest BCUT2D eigenvalue weighted by molar-refractivity contribution is 0.122. The van der Waals surface area contributed by atoms with E-state index in [-0.39, 0.29) is 22.6 Å². The van der Waals surface area contributed by atoms with Crippen molar-refractivity contribution in [3.05, 3.63) is 46.9 Å². The van der Waals surface area contributed by atoms with Crippen molar-refractivity contribution in [3.63, 3.8) is 0 Å². The fraction of sp³-hybridized carbons (Fsp3) is 0.476. The second-order valence-electron chi connectivity index (χ2n) is 7.56. The van der Waals surface area contributed by atoms with Crippen molar-refractivity contribution in [1.29, 1.82) is 5.41 Å². The molecule has 1 aromatic carbocycles. The number of anilines is 1. The Morgan fingerprint density at radius 2 is 1.79 bits per heavy atom. The van der Waals surface area contributed by atoms with Crippen molar-refractivity contribution >= 4 is 23.1 Å².